The molecular weight excluding hydrogens is 736 g/mol. The summed E-state index contributed by atoms with van der Waals surface area (Å²) in [6, 6.07) is 13.8. The lowest BCUT2D eigenvalue weighted by atomic mass is 9.84. The van der Waals surface area contributed by atoms with Crippen LogP contribution in [0.4, 0.5) is 0 Å². The van der Waals surface area contributed by atoms with Crippen molar-refractivity contribution in [2.45, 2.75) is 14.1 Å². The number of fused-ring (bicyclic) bond motifs is 5. The first-order valence-electron chi connectivity index (χ1n) is 12.8. The maximum absolute atomic E-state index is 14.0. The molecule has 4 atom stereocenters. The van der Waals surface area contributed by atoms with E-state index in [-0.39, 0.29) is 32.7 Å². The number of esters is 1. The Kier molecular flexibility index (Phi) is 8.01. The van der Waals surface area contributed by atoms with Gasteiger partial charge in [0.1, 0.15) is 22.0 Å². The highest BCUT2D eigenvalue weighted by molar-refractivity contribution is 6.66. The molecule has 1 aliphatic heterocycles. The summed E-state index contributed by atoms with van der Waals surface area (Å²) in [6.07, 6.45) is 1.31. The monoisotopic (exact) mass is 748 g/mol. The maximum Gasteiger partial charge on any atom is 0.379 e. The predicted molar refractivity (Wildman–Crippen MR) is 166 cm³/mol. The molecule has 3 aliphatic rings. The summed E-state index contributed by atoms with van der Waals surface area (Å²) in [5, 5.41) is 0.862. The first kappa shape index (κ1) is 32.2. The van der Waals surface area contributed by atoms with E-state index in [0.717, 1.165) is 0 Å². The van der Waals surface area contributed by atoms with Gasteiger partial charge < -0.3 is 9.15 Å². The van der Waals surface area contributed by atoms with Gasteiger partial charge in [-0.1, -0.05) is 58.0 Å². The normalized spacial score (nSPS) is 26.3. The largest absolute Gasteiger partial charge is 0.457 e. The van der Waals surface area contributed by atoms with Crippen molar-refractivity contribution < 1.29 is 33.1 Å². The van der Waals surface area contributed by atoms with E-state index in [0.29, 0.717) is 15.0 Å². The van der Waals surface area contributed by atoms with Crippen LogP contribution in [0.15, 0.2) is 81.4 Å². The van der Waals surface area contributed by atoms with Crippen LogP contribution in [0.5, 0.6) is 5.75 Å². The number of ketones is 1. The molecule has 2 fully saturated rings. The molecule has 6 rings (SSSR count). The molecule has 2 aromatic carbocycles. The van der Waals surface area contributed by atoms with Gasteiger partial charge in [0, 0.05) is 16.1 Å². The van der Waals surface area contributed by atoms with Gasteiger partial charge in [-0.3, -0.25) is 19.2 Å². The molecule has 1 saturated carbocycles. The van der Waals surface area contributed by atoms with Crippen LogP contribution in [0, 0.1) is 11.8 Å². The van der Waals surface area contributed by atoms with Gasteiger partial charge in [0.2, 0.25) is 5.76 Å². The van der Waals surface area contributed by atoms with E-state index in [4.69, 9.17) is 90.4 Å². The molecule has 45 heavy (non-hydrogen) atoms. The SMILES string of the molecule is O=C(CN(C(=O)c1ccc(Cl)cc1)N1C(=O)[C@@H]2[C@@H](C1=O)[C@@]1(Cl)C(Cl)=C(Cl)[C@@]2(Cl)C1(Cl)Cl)c1ccc(OC(=O)c2ccco2)cc1. The summed E-state index contributed by atoms with van der Waals surface area (Å²) in [5.74, 6) is -7.40. The number of furan rings is 1. The Balaban J connectivity index is 1.33. The average Bonchev–Trinajstić information content (AvgIpc) is 3.70. The molecule has 16 heteroatoms. The lowest BCUT2D eigenvalue weighted by Gasteiger charge is -2.36. The van der Waals surface area contributed by atoms with Gasteiger partial charge in [-0.05, 0) is 60.7 Å². The number of benzene rings is 2. The minimum absolute atomic E-state index is 0.00702. The Hall–Kier alpha value is -2.76. The van der Waals surface area contributed by atoms with Gasteiger partial charge in [-0.15, -0.1) is 23.2 Å². The second-order valence-corrected chi connectivity index (χ2v) is 14.0. The van der Waals surface area contributed by atoms with Crippen LogP contribution in [0.1, 0.15) is 31.3 Å². The van der Waals surface area contributed by atoms with Crippen molar-refractivity contribution in [2.24, 2.45) is 11.8 Å². The quantitative estimate of drug-likeness (QED) is 0.0855. The molecule has 2 heterocycles. The van der Waals surface area contributed by atoms with Gasteiger partial charge in [-0.2, -0.15) is 5.01 Å². The molecular formula is C29H15Cl7N2O7. The van der Waals surface area contributed by atoms with E-state index in [2.05, 4.69) is 0 Å². The Labute approximate surface area is 289 Å². The third-order valence-electron chi connectivity index (χ3n) is 7.86. The van der Waals surface area contributed by atoms with Crippen molar-refractivity contribution in [3.05, 3.63) is 98.9 Å². The molecule has 2 bridgehead atoms. The van der Waals surface area contributed by atoms with Crippen LogP contribution in [0.3, 0.4) is 0 Å². The highest BCUT2D eigenvalue weighted by atomic mass is 35.5. The van der Waals surface area contributed by atoms with Crippen molar-refractivity contribution >= 4 is 111 Å². The lowest BCUT2D eigenvalue weighted by Crippen LogP contribution is -2.56. The molecule has 3 aromatic rings. The standard InChI is InChI=1S/C29H15Cl7N2O7/c30-15-7-3-14(4-8-15)23(40)37(12-17(39)13-5-9-16(10-6-13)45-26(43)18-2-1-11-44-18)38-24(41)19-20(25(38)42)28(34)22(32)21(31)27(19,33)29(28,35)36/h1-11,19-20H,12H2/t19-,20-,27+,28+/m0/s1. The second-order valence-electron chi connectivity index (χ2n) is 10.3. The Morgan fingerprint density at radius 2 is 1.33 bits per heavy atom. The highest BCUT2D eigenvalue weighted by Gasteiger charge is 2.88. The fourth-order valence-electron chi connectivity index (χ4n) is 5.68. The summed E-state index contributed by atoms with van der Waals surface area (Å²) in [5.41, 5.74) is 0.0457. The summed E-state index contributed by atoms with van der Waals surface area (Å²) in [7, 11) is 0. The number of ether oxygens (including phenoxy) is 1. The van der Waals surface area contributed by atoms with E-state index >= 15 is 0 Å². The van der Waals surface area contributed by atoms with Crippen molar-refractivity contribution in [3.8, 4) is 5.75 Å². The number of hydrogen-bond donors (Lipinski definition) is 0. The number of carbonyl (C=O) groups is 5. The van der Waals surface area contributed by atoms with E-state index in [9.17, 15) is 24.0 Å². The maximum atomic E-state index is 14.0. The van der Waals surface area contributed by atoms with Crippen LogP contribution < -0.4 is 4.74 Å². The van der Waals surface area contributed by atoms with Crippen LogP contribution in [-0.2, 0) is 9.59 Å². The first-order chi connectivity index (χ1) is 21.2. The number of carbonyl (C=O) groups excluding carboxylic acids is 5. The van der Waals surface area contributed by atoms with Gasteiger partial charge in [0.25, 0.3) is 17.7 Å². The Bertz CT molecular complexity index is 1760. The molecule has 3 amide bonds. The zero-order valence-electron chi connectivity index (χ0n) is 22.1. The topological polar surface area (TPSA) is 114 Å². The van der Waals surface area contributed by atoms with Crippen molar-refractivity contribution in [1.82, 2.24) is 10.0 Å². The fraction of sp³-hybridized carbons (Fsp3) is 0.207. The van der Waals surface area contributed by atoms with Gasteiger partial charge in [0.15, 0.2) is 10.1 Å². The fourth-order valence-corrected chi connectivity index (χ4v) is 8.74. The van der Waals surface area contributed by atoms with Gasteiger partial charge >= 0.3 is 5.97 Å². The smallest absolute Gasteiger partial charge is 0.379 e. The molecule has 9 nitrogen and oxygen atoms in total. The van der Waals surface area contributed by atoms with E-state index in [1.165, 1.54) is 66.9 Å². The van der Waals surface area contributed by atoms with Crippen LogP contribution in [0.2, 0.25) is 5.02 Å². The van der Waals surface area contributed by atoms with Gasteiger partial charge in [-0.25, -0.2) is 9.80 Å². The molecule has 0 spiro atoms. The summed E-state index contributed by atoms with van der Waals surface area (Å²) < 4.78 is 8.04. The van der Waals surface area contributed by atoms with Crippen molar-refractivity contribution in [2.75, 3.05) is 6.54 Å². The highest BCUT2D eigenvalue weighted by Crippen LogP contribution is 2.77. The third-order valence-corrected chi connectivity index (χ3v) is 12.4. The number of halogens is 7. The Morgan fingerprint density at radius 1 is 0.800 bits per heavy atom. The molecule has 1 saturated heterocycles. The van der Waals surface area contributed by atoms with E-state index < -0.39 is 61.9 Å². The second kappa shape index (κ2) is 11.2. The van der Waals surface area contributed by atoms with Crippen LogP contribution in [-0.4, -0.2) is 60.1 Å². The summed E-state index contributed by atoms with van der Waals surface area (Å²) in [6.45, 7) is -0.795. The first-order valence-corrected chi connectivity index (χ1v) is 15.5. The molecule has 0 radical (unpaired) electrons. The van der Waals surface area contributed by atoms with E-state index in [1.54, 1.807) is 0 Å². The number of allylic oxidation sites excluding steroid dienone is 2. The zero-order valence-corrected chi connectivity index (χ0v) is 27.4. The Morgan fingerprint density at radius 3 is 1.84 bits per heavy atom. The van der Waals surface area contributed by atoms with Crippen LogP contribution >= 0.6 is 81.2 Å². The summed E-state index contributed by atoms with van der Waals surface area (Å²) >= 11 is 45.5. The number of imide groups is 1. The third kappa shape index (κ3) is 4.54. The number of amides is 3. The molecule has 0 N–H and O–H groups in total. The predicted octanol–water partition coefficient (Wildman–Crippen LogP) is 6.84. The minimum Gasteiger partial charge on any atom is -0.457 e. The number of nitrogens with zero attached hydrogens (tertiary/aromatic N) is 2. The number of rotatable bonds is 7. The zero-order chi connectivity index (χ0) is 32.6. The lowest BCUT2D eigenvalue weighted by molar-refractivity contribution is -0.154. The van der Waals surface area contributed by atoms with Gasteiger partial charge in [0.05, 0.1) is 28.2 Å². The summed E-state index contributed by atoms with van der Waals surface area (Å²) in [4.78, 5) is 63.3. The minimum atomic E-state index is -2.19. The van der Waals surface area contributed by atoms with Crippen molar-refractivity contribution in [3.63, 3.8) is 0 Å². The number of hydrogen-bond acceptors (Lipinski definition) is 7. The molecule has 0 unspecified atom stereocenters. The molecule has 232 valence electrons. The average molecular weight is 752 g/mol. The molecule has 1 aromatic heterocycles. The number of hydrazine groups is 1. The number of alkyl halides is 4. The van der Waals surface area contributed by atoms with Crippen LogP contribution in [0.25, 0.3) is 0 Å². The van der Waals surface area contributed by atoms with Crippen molar-refractivity contribution in [1.29, 1.82) is 0 Å². The number of Topliss-reactive ketones (excluding diaryl/α,β-unsaturated/α-hetero) is 1. The van der Waals surface area contributed by atoms with E-state index in [1.807, 2.05) is 0 Å². The molecule has 2 aliphatic carbocycles.